The minimum atomic E-state index is 0.343. The van der Waals surface area contributed by atoms with Crippen LogP contribution in [0.1, 0.15) is 25.5 Å². The van der Waals surface area contributed by atoms with Gasteiger partial charge in [-0.05, 0) is 5.92 Å². The summed E-state index contributed by atoms with van der Waals surface area (Å²) in [7, 11) is 0. The number of nitrogens with two attached hydrogens (primary N) is 1. The van der Waals surface area contributed by atoms with Gasteiger partial charge in [0.1, 0.15) is 0 Å². The molecule has 0 bridgehead atoms. The zero-order chi connectivity index (χ0) is 10.3. The standard InChI is InChI=1S/C9H11ClN4/c1-5(2)7-4-12-9-6(11)3-8(10)13-14(7)9/h3-5H,11H2,1-2H3. The Balaban J connectivity index is 2.78. The van der Waals surface area contributed by atoms with Gasteiger partial charge < -0.3 is 5.73 Å². The van der Waals surface area contributed by atoms with Crippen LogP contribution in [0.4, 0.5) is 5.69 Å². The molecule has 0 aromatic carbocycles. The average molecular weight is 211 g/mol. The first-order chi connectivity index (χ1) is 6.59. The van der Waals surface area contributed by atoms with E-state index in [1.807, 2.05) is 0 Å². The lowest BCUT2D eigenvalue weighted by molar-refractivity contribution is 0.760. The molecule has 4 nitrogen and oxygen atoms in total. The molecule has 14 heavy (non-hydrogen) atoms. The van der Waals surface area contributed by atoms with Crippen LogP contribution in [0.2, 0.25) is 5.15 Å². The number of aromatic nitrogens is 3. The van der Waals surface area contributed by atoms with Gasteiger partial charge in [0.05, 0.1) is 17.6 Å². The second-order valence-corrected chi connectivity index (χ2v) is 3.88. The number of rotatable bonds is 1. The van der Waals surface area contributed by atoms with Gasteiger partial charge in [-0.25, -0.2) is 9.50 Å². The van der Waals surface area contributed by atoms with Gasteiger partial charge in [0, 0.05) is 6.07 Å². The molecule has 5 heteroatoms. The molecule has 2 aromatic heterocycles. The van der Waals surface area contributed by atoms with Crippen molar-refractivity contribution >= 4 is 22.9 Å². The minimum Gasteiger partial charge on any atom is -0.396 e. The van der Waals surface area contributed by atoms with E-state index >= 15 is 0 Å². The normalized spacial score (nSPS) is 11.4. The van der Waals surface area contributed by atoms with Crippen molar-refractivity contribution in [1.82, 2.24) is 14.6 Å². The quantitative estimate of drug-likeness (QED) is 0.784. The monoisotopic (exact) mass is 210 g/mol. The molecule has 0 radical (unpaired) electrons. The highest BCUT2D eigenvalue weighted by Gasteiger charge is 2.10. The lowest BCUT2D eigenvalue weighted by Crippen LogP contribution is -2.02. The lowest BCUT2D eigenvalue weighted by Gasteiger charge is -2.04. The maximum absolute atomic E-state index is 5.82. The van der Waals surface area contributed by atoms with Crippen LogP contribution in [0, 0.1) is 0 Å². The van der Waals surface area contributed by atoms with Crippen molar-refractivity contribution in [3.8, 4) is 0 Å². The van der Waals surface area contributed by atoms with Crippen molar-refractivity contribution < 1.29 is 0 Å². The van der Waals surface area contributed by atoms with Crippen molar-refractivity contribution in [1.29, 1.82) is 0 Å². The zero-order valence-corrected chi connectivity index (χ0v) is 8.78. The number of halogens is 1. The van der Waals surface area contributed by atoms with Crippen LogP contribution in [0.5, 0.6) is 0 Å². The van der Waals surface area contributed by atoms with Crippen LogP contribution in [0.3, 0.4) is 0 Å². The van der Waals surface area contributed by atoms with Crippen LogP contribution in [0.15, 0.2) is 12.3 Å². The number of imidazole rings is 1. The summed E-state index contributed by atoms with van der Waals surface area (Å²) in [5.41, 5.74) is 7.99. The predicted molar refractivity (Wildman–Crippen MR) is 56.5 cm³/mol. The summed E-state index contributed by atoms with van der Waals surface area (Å²) < 4.78 is 1.70. The molecule has 0 aliphatic heterocycles. The van der Waals surface area contributed by atoms with Crippen LogP contribution < -0.4 is 5.73 Å². The van der Waals surface area contributed by atoms with Crippen LogP contribution in [-0.4, -0.2) is 14.6 Å². The summed E-state index contributed by atoms with van der Waals surface area (Å²) >= 11 is 5.82. The molecule has 2 aromatic rings. The van der Waals surface area contributed by atoms with Crippen LogP contribution in [-0.2, 0) is 0 Å². The molecule has 0 amide bonds. The average Bonchev–Trinajstić information content (AvgIpc) is 2.47. The highest BCUT2D eigenvalue weighted by Crippen LogP contribution is 2.20. The van der Waals surface area contributed by atoms with E-state index in [9.17, 15) is 0 Å². The number of fused-ring (bicyclic) bond motifs is 1. The molecular formula is C9H11ClN4. The highest BCUT2D eigenvalue weighted by molar-refractivity contribution is 6.29. The summed E-state index contributed by atoms with van der Waals surface area (Å²) in [4.78, 5) is 4.20. The third-order valence-corrected chi connectivity index (χ3v) is 2.27. The summed E-state index contributed by atoms with van der Waals surface area (Å²) in [5, 5.41) is 4.54. The molecule has 0 aliphatic carbocycles. The molecule has 0 fully saturated rings. The van der Waals surface area contributed by atoms with Crippen molar-refractivity contribution in [2.24, 2.45) is 0 Å². The number of hydrogen-bond acceptors (Lipinski definition) is 3. The van der Waals surface area contributed by atoms with Crippen molar-refractivity contribution in [3.63, 3.8) is 0 Å². The van der Waals surface area contributed by atoms with E-state index in [1.165, 1.54) is 0 Å². The van der Waals surface area contributed by atoms with Crippen molar-refractivity contribution in [3.05, 3.63) is 23.1 Å². The van der Waals surface area contributed by atoms with Crippen LogP contribution >= 0.6 is 11.6 Å². The van der Waals surface area contributed by atoms with E-state index in [-0.39, 0.29) is 0 Å². The molecule has 2 N–H and O–H groups in total. The van der Waals surface area contributed by atoms with Gasteiger partial charge in [0.2, 0.25) is 0 Å². The smallest absolute Gasteiger partial charge is 0.177 e. The van der Waals surface area contributed by atoms with Gasteiger partial charge in [0.15, 0.2) is 10.8 Å². The number of hydrogen-bond donors (Lipinski definition) is 1. The van der Waals surface area contributed by atoms with Gasteiger partial charge in [-0.3, -0.25) is 0 Å². The Morgan fingerprint density at radius 1 is 1.50 bits per heavy atom. The number of anilines is 1. The maximum Gasteiger partial charge on any atom is 0.177 e. The Morgan fingerprint density at radius 2 is 2.21 bits per heavy atom. The zero-order valence-electron chi connectivity index (χ0n) is 8.03. The van der Waals surface area contributed by atoms with Gasteiger partial charge in [0.25, 0.3) is 0 Å². The van der Waals surface area contributed by atoms with Gasteiger partial charge >= 0.3 is 0 Å². The molecule has 0 atom stereocenters. The van der Waals surface area contributed by atoms with Crippen molar-refractivity contribution in [2.45, 2.75) is 19.8 Å². The second kappa shape index (κ2) is 3.13. The van der Waals surface area contributed by atoms with Gasteiger partial charge in [-0.2, -0.15) is 5.10 Å². The SMILES string of the molecule is CC(C)c1cnc2c(N)cc(Cl)nn12. The van der Waals surface area contributed by atoms with E-state index in [2.05, 4.69) is 23.9 Å². The lowest BCUT2D eigenvalue weighted by atomic mass is 10.2. The van der Waals surface area contributed by atoms with E-state index in [0.29, 0.717) is 22.4 Å². The highest BCUT2D eigenvalue weighted by atomic mass is 35.5. The molecule has 2 heterocycles. The van der Waals surface area contributed by atoms with Gasteiger partial charge in [-0.15, -0.1) is 0 Å². The second-order valence-electron chi connectivity index (χ2n) is 3.50. The fourth-order valence-corrected chi connectivity index (χ4v) is 1.56. The Kier molecular flexibility index (Phi) is 2.07. The summed E-state index contributed by atoms with van der Waals surface area (Å²) in [6.07, 6.45) is 1.78. The molecule has 0 saturated heterocycles. The Hall–Kier alpha value is -1.29. The van der Waals surface area contributed by atoms with Crippen molar-refractivity contribution in [2.75, 3.05) is 5.73 Å². The Labute approximate surface area is 86.7 Å². The van der Waals surface area contributed by atoms with E-state index in [4.69, 9.17) is 17.3 Å². The first-order valence-electron chi connectivity index (χ1n) is 4.39. The number of nitrogen functional groups attached to an aromatic ring is 1. The largest absolute Gasteiger partial charge is 0.396 e. The fraction of sp³-hybridized carbons (Fsp3) is 0.333. The molecule has 0 spiro atoms. The van der Waals surface area contributed by atoms with E-state index < -0.39 is 0 Å². The fourth-order valence-electron chi connectivity index (χ4n) is 1.37. The molecule has 0 saturated carbocycles. The van der Waals surface area contributed by atoms with Crippen LogP contribution in [0.25, 0.3) is 5.65 Å². The topological polar surface area (TPSA) is 56.2 Å². The Morgan fingerprint density at radius 3 is 2.86 bits per heavy atom. The maximum atomic E-state index is 5.82. The molecular weight excluding hydrogens is 200 g/mol. The Bertz CT molecular complexity index is 475. The third-order valence-electron chi connectivity index (χ3n) is 2.08. The summed E-state index contributed by atoms with van der Waals surface area (Å²) in [6.45, 7) is 4.14. The number of nitrogens with zero attached hydrogens (tertiary/aromatic N) is 3. The molecule has 74 valence electrons. The van der Waals surface area contributed by atoms with E-state index in [0.717, 1.165) is 5.69 Å². The molecule has 0 aliphatic rings. The summed E-state index contributed by atoms with van der Waals surface area (Å²) in [6, 6.07) is 1.61. The molecule has 0 unspecified atom stereocenters. The van der Waals surface area contributed by atoms with E-state index in [1.54, 1.807) is 16.8 Å². The third kappa shape index (κ3) is 1.32. The first-order valence-corrected chi connectivity index (χ1v) is 4.77. The van der Waals surface area contributed by atoms with Gasteiger partial charge in [-0.1, -0.05) is 25.4 Å². The minimum absolute atomic E-state index is 0.343. The summed E-state index contributed by atoms with van der Waals surface area (Å²) in [5.74, 6) is 0.343. The predicted octanol–water partition coefficient (Wildman–Crippen LogP) is 2.09. The molecule has 2 rings (SSSR count). The first kappa shape index (κ1) is 9.27.